The lowest BCUT2D eigenvalue weighted by Crippen LogP contribution is -2.37. The first-order chi connectivity index (χ1) is 7.52. The molecule has 0 aliphatic carbocycles. The van der Waals surface area contributed by atoms with E-state index in [-0.39, 0.29) is 11.8 Å². The van der Waals surface area contributed by atoms with E-state index >= 15 is 0 Å². The average Bonchev–Trinajstić information content (AvgIpc) is 2.25. The number of amides is 2. The van der Waals surface area contributed by atoms with Crippen LogP contribution in [0.2, 0.25) is 0 Å². The zero-order valence-electron chi connectivity index (χ0n) is 11.0. The summed E-state index contributed by atoms with van der Waals surface area (Å²) in [5.41, 5.74) is 0. The molecule has 94 valence electrons. The van der Waals surface area contributed by atoms with Gasteiger partial charge in [0.1, 0.15) is 0 Å². The molecule has 0 aliphatic heterocycles. The van der Waals surface area contributed by atoms with Crippen molar-refractivity contribution in [2.45, 2.75) is 39.5 Å². The third kappa shape index (κ3) is 5.73. The molecule has 0 aliphatic rings. The molecule has 0 aromatic carbocycles. The summed E-state index contributed by atoms with van der Waals surface area (Å²) in [5, 5.41) is 0. The van der Waals surface area contributed by atoms with Gasteiger partial charge in [0.05, 0.1) is 0 Å². The molecule has 0 fully saturated rings. The fraction of sp³-hybridized carbons (Fsp3) is 0.833. The van der Waals surface area contributed by atoms with E-state index in [1.165, 1.54) is 0 Å². The Balaban J connectivity index is 3.86. The monoisotopic (exact) mass is 228 g/mol. The van der Waals surface area contributed by atoms with Crippen LogP contribution in [0.25, 0.3) is 0 Å². The largest absolute Gasteiger partial charge is 0.344 e. The number of hydrogen-bond acceptors (Lipinski definition) is 2. The maximum absolute atomic E-state index is 11.5. The number of nitrogens with zero attached hydrogens (tertiary/aromatic N) is 2. The molecule has 0 radical (unpaired) electrons. The van der Waals surface area contributed by atoms with E-state index in [2.05, 4.69) is 0 Å². The van der Waals surface area contributed by atoms with Gasteiger partial charge in [-0.1, -0.05) is 13.8 Å². The summed E-state index contributed by atoms with van der Waals surface area (Å²) >= 11 is 0. The van der Waals surface area contributed by atoms with E-state index < -0.39 is 0 Å². The minimum Gasteiger partial charge on any atom is -0.344 e. The zero-order valence-corrected chi connectivity index (χ0v) is 11.0. The molecule has 0 N–H and O–H groups in total. The summed E-state index contributed by atoms with van der Waals surface area (Å²) in [4.78, 5) is 26.3. The first-order valence-electron chi connectivity index (χ1n) is 6.00. The van der Waals surface area contributed by atoms with Crippen LogP contribution in [-0.4, -0.2) is 48.8 Å². The summed E-state index contributed by atoms with van der Waals surface area (Å²) in [7, 11) is 3.58. The Morgan fingerprint density at radius 2 is 1.12 bits per heavy atom. The number of likely N-dealkylation sites (N-methyl/N-ethyl adjacent to an activating group) is 2. The summed E-state index contributed by atoms with van der Waals surface area (Å²) in [6.07, 6.45) is 2.91. The number of carbonyl (C=O) groups excluding carboxylic acids is 2. The van der Waals surface area contributed by atoms with Gasteiger partial charge in [0.25, 0.3) is 0 Å². The van der Waals surface area contributed by atoms with Crippen molar-refractivity contribution in [2.75, 3.05) is 27.2 Å². The van der Waals surface area contributed by atoms with Crippen LogP contribution in [0.1, 0.15) is 39.5 Å². The molecule has 16 heavy (non-hydrogen) atoms. The Labute approximate surface area is 98.6 Å². The van der Waals surface area contributed by atoms with E-state index in [4.69, 9.17) is 0 Å². The van der Waals surface area contributed by atoms with E-state index in [1.54, 1.807) is 23.9 Å². The van der Waals surface area contributed by atoms with Crippen LogP contribution in [0.5, 0.6) is 0 Å². The summed E-state index contributed by atoms with van der Waals surface area (Å²) < 4.78 is 0. The van der Waals surface area contributed by atoms with Gasteiger partial charge in [0.2, 0.25) is 11.8 Å². The number of rotatable bonds is 7. The highest BCUT2D eigenvalue weighted by molar-refractivity contribution is 5.77. The molecular weight excluding hydrogens is 204 g/mol. The van der Waals surface area contributed by atoms with Gasteiger partial charge in [-0.15, -0.1) is 0 Å². The number of hydrogen-bond donors (Lipinski definition) is 0. The van der Waals surface area contributed by atoms with Crippen molar-refractivity contribution in [1.82, 2.24) is 9.80 Å². The highest BCUT2D eigenvalue weighted by atomic mass is 16.2. The fourth-order valence-electron chi connectivity index (χ4n) is 1.36. The second kappa shape index (κ2) is 8.13. The topological polar surface area (TPSA) is 40.6 Å². The normalized spacial score (nSPS) is 10.0. The molecule has 0 saturated carbocycles. The second-order valence-corrected chi connectivity index (χ2v) is 4.13. The van der Waals surface area contributed by atoms with Gasteiger partial charge >= 0.3 is 0 Å². The molecule has 0 bridgehead atoms. The summed E-state index contributed by atoms with van der Waals surface area (Å²) in [6.45, 7) is 5.21. The molecule has 0 spiro atoms. The standard InChI is InChI=1S/C12H24N2O2/c1-5-7-11(15)13(3)9-10-14(4)12(16)8-6-2/h5-10H2,1-4H3. The molecule has 2 amide bonds. The van der Waals surface area contributed by atoms with Crippen molar-refractivity contribution in [3.05, 3.63) is 0 Å². The zero-order chi connectivity index (χ0) is 12.6. The van der Waals surface area contributed by atoms with Crippen LogP contribution in [0.15, 0.2) is 0 Å². The molecule has 0 aromatic rings. The molecule has 0 atom stereocenters. The Bertz CT molecular complexity index is 205. The molecule has 0 saturated heterocycles. The van der Waals surface area contributed by atoms with Crippen molar-refractivity contribution >= 4 is 11.8 Å². The van der Waals surface area contributed by atoms with E-state index in [9.17, 15) is 9.59 Å². The maximum atomic E-state index is 11.5. The highest BCUT2D eigenvalue weighted by Crippen LogP contribution is 1.97. The first-order valence-corrected chi connectivity index (χ1v) is 6.00. The predicted octanol–water partition coefficient (Wildman–Crippen LogP) is 1.50. The van der Waals surface area contributed by atoms with Crippen LogP contribution in [-0.2, 0) is 9.59 Å². The predicted molar refractivity (Wildman–Crippen MR) is 65.1 cm³/mol. The summed E-state index contributed by atoms with van der Waals surface area (Å²) in [5.74, 6) is 0.303. The molecule has 0 aromatic heterocycles. The van der Waals surface area contributed by atoms with Crippen molar-refractivity contribution in [3.8, 4) is 0 Å². The average molecular weight is 228 g/mol. The van der Waals surface area contributed by atoms with E-state index in [0.29, 0.717) is 25.9 Å². The number of carbonyl (C=O) groups is 2. The van der Waals surface area contributed by atoms with Gasteiger partial charge in [0.15, 0.2) is 0 Å². The molecule has 4 nitrogen and oxygen atoms in total. The first kappa shape index (κ1) is 14.9. The minimum atomic E-state index is 0.152. The van der Waals surface area contributed by atoms with Crippen LogP contribution in [0.3, 0.4) is 0 Å². The lowest BCUT2D eigenvalue weighted by Gasteiger charge is -2.22. The molecule has 0 heterocycles. The van der Waals surface area contributed by atoms with Crippen molar-refractivity contribution in [3.63, 3.8) is 0 Å². The lowest BCUT2D eigenvalue weighted by atomic mass is 10.3. The van der Waals surface area contributed by atoms with Gasteiger partial charge in [-0.25, -0.2) is 0 Å². The lowest BCUT2D eigenvalue weighted by molar-refractivity contribution is -0.133. The molecule has 0 unspecified atom stereocenters. The van der Waals surface area contributed by atoms with Gasteiger partial charge in [-0.2, -0.15) is 0 Å². The smallest absolute Gasteiger partial charge is 0.222 e. The molecule has 0 rings (SSSR count). The molecular formula is C12H24N2O2. The van der Waals surface area contributed by atoms with Crippen molar-refractivity contribution in [2.24, 2.45) is 0 Å². The Hall–Kier alpha value is -1.06. The van der Waals surface area contributed by atoms with Crippen molar-refractivity contribution in [1.29, 1.82) is 0 Å². The third-order valence-corrected chi connectivity index (χ3v) is 2.55. The quantitative estimate of drug-likeness (QED) is 0.662. The van der Waals surface area contributed by atoms with Crippen molar-refractivity contribution < 1.29 is 9.59 Å². The van der Waals surface area contributed by atoms with Crippen LogP contribution >= 0.6 is 0 Å². The van der Waals surface area contributed by atoms with Crippen LogP contribution < -0.4 is 0 Å². The fourth-order valence-corrected chi connectivity index (χ4v) is 1.36. The maximum Gasteiger partial charge on any atom is 0.222 e. The van der Waals surface area contributed by atoms with Gasteiger partial charge in [-0.05, 0) is 12.8 Å². The minimum absolute atomic E-state index is 0.152. The van der Waals surface area contributed by atoms with Gasteiger partial charge < -0.3 is 9.80 Å². The summed E-state index contributed by atoms with van der Waals surface area (Å²) in [6, 6.07) is 0. The Morgan fingerprint density at radius 3 is 1.38 bits per heavy atom. The van der Waals surface area contributed by atoms with E-state index in [0.717, 1.165) is 12.8 Å². The highest BCUT2D eigenvalue weighted by Gasteiger charge is 2.11. The Morgan fingerprint density at radius 1 is 0.812 bits per heavy atom. The molecule has 4 heteroatoms. The van der Waals surface area contributed by atoms with E-state index in [1.807, 2.05) is 13.8 Å². The second-order valence-electron chi connectivity index (χ2n) is 4.13. The van der Waals surface area contributed by atoms with Crippen LogP contribution in [0.4, 0.5) is 0 Å². The SMILES string of the molecule is CCCC(=O)N(C)CCN(C)C(=O)CCC. The third-order valence-electron chi connectivity index (χ3n) is 2.55. The Kier molecular flexibility index (Phi) is 7.60. The van der Waals surface area contributed by atoms with Gasteiger partial charge in [0, 0.05) is 40.0 Å². The van der Waals surface area contributed by atoms with Crippen LogP contribution in [0, 0.1) is 0 Å². The van der Waals surface area contributed by atoms with Gasteiger partial charge in [-0.3, -0.25) is 9.59 Å².